The van der Waals surface area contributed by atoms with Gasteiger partial charge in [-0.1, -0.05) is 26.0 Å². The van der Waals surface area contributed by atoms with Crippen molar-refractivity contribution in [1.29, 1.82) is 0 Å². The van der Waals surface area contributed by atoms with Gasteiger partial charge in [-0.25, -0.2) is 0 Å². The fourth-order valence-corrected chi connectivity index (χ4v) is 2.31. The number of anilines is 1. The highest BCUT2D eigenvalue weighted by molar-refractivity contribution is 8.00. The molecule has 0 saturated carbocycles. The van der Waals surface area contributed by atoms with E-state index in [4.69, 9.17) is 4.74 Å². The molecule has 1 aromatic carbocycles. The highest BCUT2D eigenvalue weighted by Gasteiger charge is 2.10. The van der Waals surface area contributed by atoms with Crippen molar-refractivity contribution >= 4 is 35.2 Å². The minimum absolute atomic E-state index is 0.0265. The molecule has 24 heavy (non-hydrogen) atoms. The highest BCUT2D eigenvalue weighted by Crippen LogP contribution is 2.10. The molecule has 0 aliphatic rings. The highest BCUT2D eigenvalue weighted by atomic mass is 32.2. The summed E-state index contributed by atoms with van der Waals surface area (Å²) in [5.41, 5.74) is 1.78. The number of nitrogens with one attached hydrogen (secondary N) is 2. The smallest absolute Gasteiger partial charge is 0.316 e. The molecule has 1 rings (SSSR count). The van der Waals surface area contributed by atoms with E-state index in [0.717, 1.165) is 23.0 Å². The second kappa shape index (κ2) is 10.7. The number of esters is 1. The number of thioether (sulfide) groups is 1. The first-order valence-electron chi connectivity index (χ1n) is 7.73. The maximum atomic E-state index is 11.8. The van der Waals surface area contributed by atoms with E-state index < -0.39 is 5.97 Å². The third-order valence-corrected chi connectivity index (χ3v) is 3.73. The number of hydrogen-bond donors (Lipinski definition) is 2. The first kappa shape index (κ1) is 20.0. The van der Waals surface area contributed by atoms with Crippen molar-refractivity contribution in [3.63, 3.8) is 0 Å². The van der Waals surface area contributed by atoms with Gasteiger partial charge in [0.1, 0.15) is 0 Å². The van der Waals surface area contributed by atoms with Gasteiger partial charge in [-0.15, -0.1) is 11.8 Å². The lowest BCUT2D eigenvalue weighted by Gasteiger charge is -2.08. The molecule has 0 aliphatic heterocycles. The largest absolute Gasteiger partial charge is 0.455 e. The van der Waals surface area contributed by atoms with Gasteiger partial charge in [-0.2, -0.15) is 0 Å². The number of carbonyl (C=O) groups is 3. The molecule has 0 saturated heterocycles. The molecule has 2 N–H and O–H groups in total. The lowest BCUT2D eigenvalue weighted by atomic mass is 10.2. The average molecular weight is 352 g/mol. The van der Waals surface area contributed by atoms with Crippen LogP contribution in [0, 0.1) is 12.8 Å². The van der Waals surface area contributed by atoms with Crippen LogP contribution in [-0.4, -0.2) is 42.4 Å². The Morgan fingerprint density at radius 3 is 2.58 bits per heavy atom. The van der Waals surface area contributed by atoms with E-state index >= 15 is 0 Å². The fraction of sp³-hybridized carbons (Fsp3) is 0.471. The van der Waals surface area contributed by atoms with E-state index in [0.29, 0.717) is 12.5 Å². The average Bonchev–Trinajstić information content (AvgIpc) is 2.51. The number of ether oxygens (including phenoxy) is 1. The number of carbonyl (C=O) groups excluding carboxylic acids is 3. The Labute approximate surface area is 146 Å². The van der Waals surface area contributed by atoms with Crippen LogP contribution in [0.25, 0.3) is 0 Å². The fourth-order valence-electron chi connectivity index (χ4n) is 1.70. The van der Waals surface area contributed by atoms with Crippen LogP contribution in [0.3, 0.4) is 0 Å². The standard InChI is InChI=1S/C17H24N2O4S/c1-12(2)8-18-15(20)9-23-17(22)11-24-10-16(21)19-14-6-4-5-13(3)7-14/h4-7,12H,8-11H2,1-3H3,(H,18,20)(H,19,21). The van der Waals surface area contributed by atoms with E-state index in [9.17, 15) is 14.4 Å². The quantitative estimate of drug-likeness (QED) is 0.664. The Morgan fingerprint density at radius 2 is 1.92 bits per heavy atom. The van der Waals surface area contributed by atoms with Gasteiger partial charge in [0.2, 0.25) is 5.91 Å². The van der Waals surface area contributed by atoms with Crippen LogP contribution < -0.4 is 10.6 Å². The van der Waals surface area contributed by atoms with E-state index in [2.05, 4.69) is 10.6 Å². The molecule has 7 heteroatoms. The van der Waals surface area contributed by atoms with Crippen molar-refractivity contribution in [2.24, 2.45) is 5.92 Å². The molecule has 0 heterocycles. The zero-order valence-corrected chi connectivity index (χ0v) is 15.1. The summed E-state index contributed by atoms with van der Waals surface area (Å²) < 4.78 is 4.85. The SMILES string of the molecule is Cc1cccc(NC(=O)CSCC(=O)OCC(=O)NCC(C)C)c1. The molecule has 0 unspecified atom stereocenters. The molecule has 0 atom stereocenters. The molecular formula is C17H24N2O4S. The molecule has 0 spiro atoms. The molecule has 6 nitrogen and oxygen atoms in total. The van der Waals surface area contributed by atoms with Gasteiger partial charge in [0.15, 0.2) is 6.61 Å². The van der Waals surface area contributed by atoms with Gasteiger partial charge >= 0.3 is 5.97 Å². The normalized spacial score (nSPS) is 10.3. The first-order chi connectivity index (χ1) is 11.4. The van der Waals surface area contributed by atoms with E-state index in [-0.39, 0.29) is 29.9 Å². The molecule has 0 radical (unpaired) electrons. The molecular weight excluding hydrogens is 328 g/mol. The Morgan fingerprint density at radius 1 is 1.17 bits per heavy atom. The number of rotatable bonds is 9. The van der Waals surface area contributed by atoms with Crippen molar-refractivity contribution in [3.8, 4) is 0 Å². The summed E-state index contributed by atoms with van der Waals surface area (Å²) in [6.07, 6.45) is 0. The number of hydrogen-bond acceptors (Lipinski definition) is 5. The van der Waals surface area contributed by atoms with Crippen molar-refractivity contribution < 1.29 is 19.1 Å². The Kier molecular flexibility index (Phi) is 8.93. The van der Waals surface area contributed by atoms with Crippen LogP contribution in [0.15, 0.2) is 24.3 Å². The predicted molar refractivity (Wildman–Crippen MR) is 95.9 cm³/mol. The monoisotopic (exact) mass is 352 g/mol. The van der Waals surface area contributed by atoms with E-state index in [1.807, 2.05) is 39.0 Å². The maximum Gasteiger partial charge on any atom is 0.316 e. The van der Waals surface area contributed by atoms with Crippen molar-refractivity contribution in [1.82, 2.24) is 5.32 Å². The van der Waals surface area contributed by atoms with Crippen LogP contribution in [0.4, 0.5) is 5.69 Å². The first-order valence-corrected chi connectivity index (χ1v) is 8.89. The summed E-state index contributed by atoms with van der Waals surface area (Å²) in [6.45, 7) is 6.15. The molecule has 0 fully saturated rings. The van der Waals surface area contributed by atoms with Crippen LogP contribution in [0.5, 0.6) is 0 Å². The van der Waals surface area contributed by atoms with Crippen LogP contribution >= 0.6 is 11.8 Å². The summed E-state index contributed by atoms with van der Waals surface area (Å²) in [6, 6.07) is 7.48. The molecule has 0 aliphatic carbocycles. The lowest BCUT2D eigenvalue weighted by molar-refractivity contribution is -0.145. The summed E-state index contributed by atoms with van der Waals surface area (Å²) in [4.78, 5) is 34.7. The molecule has 0 bridgehead atoms. The minimum atomic E-state index is -0.511. The van der Waals surface area contributed by atoms with Gasteiger partial charge in [-0.05, 0) is 30.5 Å². The number of amides is 2. The predicted octanol–water partition coefficient (Wildman–Crippen LogP) is 1.98. The second-order valence-corrected chi connectivity index (χ2v) is 6.75. The van der Waals surface area contributed by atoms with Gasteiger partial charge < -0.3 is 15.4 Å². The third-order valence-electron chi connectivity index (χ3n) is 2.83. The summed E-state index contributed by atoms with van der Waals surface area (Å²) >= 11 is 1.14. The summed E-state index contributed by atoms with van der Waals surface area (Å²) in [7, 11) is 0. The van der Waals surface area contributed by atoms with Gasteiger partial charge in [0.05, 0.1) is 11.5 Å². The molecule has 2 amide bonds. The van der Waals surface area contributed by atoms with Gasteiger partial charge in [0.25, 0.3) is 5.91 Å². The van der Waals surface area contributed by atoms with Crippen LogP contribution in [-0.2, 0) is 19.1 Å². The summed E-state index contributed by atoms with van der Waals surface area (Å²) in [5.74, 6) is -0.510. The Balaban J connectivity index is 2.16. The second-order valence-electron chi connectivity index (χ2n) is 5.77. The molecule has 1 aromatic rings. The van der Waals surface area contributed by atoms with E-state index in [1.165, 1.54) is 0 Å². The van der Waals surface area contributed by atoms with Crippen molar-refractivity contribution in [3.05, 3.63) is 29.8 Å². The van der Waals surface area contributed by atoms with Gasteiger partial charge in [0, 0.05) is 12.2 Å². The molecule has 0 aromatic heterocycles. The lowest BCUT2D eigenvalue weighted by Crippen LogP contribution is -2.31. The van der Waals surface area contributed by atoms with Crippen LogP contribution in [0.2, 0.25) is 0 Å². The van der Waals surface area contributed by atoms with Crippen molar-refractivity contribution in [2.45, 2.75) is 20.8 Å². The van der Waals surface area contributed by atoms with Gasteiger partial charge in [-0.3, -0.25) is 14.4 Å². The maximum absolute atomic E-state index is 11.8. The number of aryl methyl sites for hydroxylation is 1. The Hall–Kier alpha value is -2.02. The van der Waals surface area contributed by atoms with E-state index in [1.54, 1.807) is 6.07 Å². The van der Waals surface area contributed by atoms with Crippen LogP contribution in [0.1, 0.15) is 19.4 Å². The zero-order chi connectivity index (χ0) is 17.9. The molecule has 132 valence electrons. The Bertz CT molecular complexity index is 575. The third kappa shape index (κ3) is 9.19. The van der Waals surface area contributed by atoms with Crippen molar-refractivity contribution in [2.75, 3.05) is 30.0 Å². The minimum Gasteiger partial charge on any atom is -0.455 e. The topological polar surface area (TPSA) is 84.5 Å². The zero-order valence-electron chi connectivity index (χ0n) is 14.3. The number of benzene rings is 1. The summed E-state index contributed by atoms with van der Waals surface area (Å²) in [5, 5.41) is 5.41.